The summed E-state index contributed by atoms with van der Waals surface area (Å²) in [5, 5.41) is 3.40. The van der Waals surface area contributed by atoms with E-state index in [1.165, 1.54) is 16.8 Å². The highest BCUT2D eigenvalue weighted by atomic mass is 16.5. The average molecular weight is 283 g/mol. The standard InChI is InChI=1S/C17H21N3O/c1-21-12-10-18-13-15-6-4-9-19-17(15)20-11-8-14-5-2-3-7-16(14)20/h2-7,9,18H,8,10-13H2,1H3. The van der Waals surface area contributed by atoms with Gasteiger partial charge in [-0.1, -0.05) is 24.3 Å². The number of nitrogens with one attached hydrogen (secondary N) is 1. The lowest BCUT2D eigenvalue weighted by atomic mass is 10.2. The van der Waals surface area contributed by atoms with Crippen LogP contribution in [0.5, 0.6) is 0 Å². The van der Waals surface area contributed by atoms with Crippen molar-refractivity contribution in [3.05, 3.63) is 53.7 Å². The van der Waals surface area contributed by atoms with Gasteiger partial charge in [-0.2, -0.15) is 0 Å². The van der Waals surface area contributed by atoms with E-state index in [2.05, 4.69) is 45.5 Å². The summed E-state index contributed by atoms with van der Waals surface area (Å²) in [5.74, 6) is 1.06. The molecule has 3 rings (SSSR count). The lowest BCUT2D eigenvalue weighted by molar-refractivity contribution is 0.199. The van der Waals surface area contributed by atoms with Gasteiger partial charge in [-0.3, -0.25) is 0 Å². The molecule has 0 atom stereocenters. The lowest BCUT2D eigenvalue weighted by Crippen LogP contribution is -2.22. The molecule has 1 N–H and O–H groups in total. The van der Waals surface area contributed by atoms with Gasteiger partial charge in [-0.15, -0.1) is 0 Å². The van der Waals surface area contributed by atoms with E-state index in [1.807, 2.05) is 12.3 Å². The zero-order valence-electron chi connectivity index (χ0n) is 12.4. The third kappa shape index (κ3) is 3.06. The van der Waals surface area contributed by atoms with Crippen LogP contribution in [0, 0.1) is 0 Å². The van der Waals surface area contributed by atoms with Gasteiger partial charge in [0.15, 0.2) is 0 Å². The second-order valence-electron chi connectivity index (χ2n) is 5.19. The Morgan fingerprint density at radius 2 is 2.14 bits per heavy atom. The van der Waals surface area contributed by atoms with Crippen LogP contribution in [0.25, 0.3) is 0 Å². The van der Waals surface area contributed by atoms with Crippen LogP contribution in [-0.4, -0.2) is 31.8 Å². The molecule has 0 saturated carbocycles. The summed E-state index contributed by atoms with van der Waals surface area (Å²) < 4.78 is 5.07. The summed E-state index contributed by atoms with van der Waals surface area (Å²) in [5.41, 5.74) is 3.92. The van der Waals surface area contributed by atoms with Crippen LogP contribution in [0.3, 0.4) is 0 Å². The SMILES string of the molecule is COCCNCc1cccnc1N1CCc2ccccc21. The second-order valence-corrected chi connectivity index (χ2v) is 5.19. The van der Waals surface area contributed by atoms with Gasteiger partial charge >= 0.3 is 0 Å². The van der Waals surface area contributed by atoms with Crippen molar-refractivity contribution < 1.29 is 4.74 Å². The van der Waals surface area contributed by atoms with E-state index < -0.39 is 0 Å². The van der Waals surface area contributed by atoms with Gasteiger partial charge in [0.25, 0.3) is 0 Å². The second kappa shape index (κ2) is 6.70. The van der Waals surface area contributed by atoms with E-state index in [-0.39, 0.29) is 0 Å². The quantitative estimate of drug-likeness (QED) is 0.827. The van der Waals surface area contributed by atoms with E-state index in [0.717, 1.165) is 38.5 Å². The number of fused-ring (bicyclic) bond motifs is 1. The van der Waals surface area contributed by atoms with Crippen LogP contribution >= 0.6 is 0 Å². The van der Waals surface area contributed by atoms with Crippen molar-refractivity contribution in [1.29, 1.82) is 0 Å². The monoisotopic (exact) mass is 283 g/mol. The highest BCUT2D eigenvalue weighted by Gasteiger charge is 2.22. The average Bonchev–Trinajstić information content (AvgIpc) is 2.96. The Kier molecular flexibility index (Phi) is 4.48. The van der Waals surface area contributed by atoms with Crippen molar-refractivity contribution in [3.63, 3.8) is 0 Å². The number of anilines is 2. The Balaban J connectivity index is 1.80. The van der Waals surface area contributed by atoms with Crippen LogP contribution in [0.1, 0.15) is 11.1 Å². The molecule has 4 heteroatoms. The third-order valence-corrected chi connectivity index (χ3v) is 3.81. The minimum Gasteiger partial charge on any atom is -0.383 e. The fourth-order valence-electron chi connectivity index (χ4n) is 2.77. The molecule has 1 aliphatic rings. The van der Waals surface area contributed by atoms with Crippen LogP contribution < -0.4 is 10.2 Å². The van der Waals surface area contributed by atoms with Crippen molar-refractivity contribution in [1.82, 2.24) is 10.3 Å². The lowest BCUT2D eigenvalue weighted by Gasteiger charge is -2.21. The molecule has 0 fully saturated rings. The number of hydrogen-bond acceptors (Lipinski definition) is 4. The van der Waals surface area contributed by atoms with E-state index in [1.54, 1.807) is 7.11 Å². The topological polar surface area (TPSA) is 37.4 Å². The summed E-state index contributed by atoms with van der Waals surface area (Å²) in [6.07, 6.45) is 2.96. The Bertz CT molecular complexity index is 600. The highest BCUT2D eigenvalue weighted by molar-refractivity contribution is 5.69. The fraction of sp³-hybridized carbons (Fsp3) is 0.353. The molecule has 2 aromatic rings. The molecule has 1 aliphatic heterocycles. The van der Waals surface area contributed by atoms with Crippen molar-refractivity contribution >= 4 is 11.5 Å². The first-order valence-corrected chi connectivity index (χ1v) is 7.39. The van der Waals surface area contributed by atoms with E-state index in [0.29, 0.717) is 0 Å². The summed E-state index contributed by atoms with van der Waals surface area (Å²) in [6.45, 7) is 3.39. The number of ether oxygens (including phenoxy) is 1. The predicted octanol–water partition coefficient (Wildman–Crippen LogP) is 2.51. The Morgan fingerprint density at radius 3 is 3.05 bits per heavy atom. The number of methoxy groups -OCH3 is 1. The zero-order chi connectivity index (χ0) is 14.5. The molecule has 2 heterocycles. The maximum absolute atomic E-state index is 5.07. The van der Waals surface area contributed by atoms with Crippen LogP contribution in [0.15, 0.2) is 42.6 Å². The van der Waals surface area contributed by atoms with Gasteiger partial charge in [-0.25, -0.2) is 4.98 Å². The summed E-state index contributed by atoms with van der Waals surface area (Å²) in [4.78, 5) is 6.94. The largest absolute Gasteiger partial charge is 0.383 e. The molecule has 110 valence electrons. The fourth-order valence-corrected chi connectivity index (χ4v) is 2.77. The molecule has 0 amide bonds. The third-order valence-electron chi connectivity index (χ3n) is 3.81. The summed E-state index contributed by atoms with van der Waals surface area (Å²) in [7, 11) is 1.72. The molecule has 0 spiro atoms. The summed E-state index contributed by atoms with van der Waals surface area (Å²) in [6, 6.07) is 12.7. The first-order chi connectivity index (χ1) is 10.4. The molecule has 0 unspecified atom stereocenters. The number of para-hydroxylation sites is 1. The number of aromatic nitrogens is 1. The molecule has 1 aromatic carbocycles. The molecule has 4 nitrogen and oxygen atoms in total. The maximum atomic E-state index is 5.07. The molecular weight excluding hydrogens is 262 g/mol. The molecular formula is C17H21N3O. The van der Waals surface area contributed by atoms with Gasteiger partial charge in [0.05, 0.1) is 6.61 Å². The van der Waals surface area contributed by atoms with Gasteiger partial charge in [-0.05, 0) is 24.1 Å². The highest BCUT2D eigenvalue weighted by Crippen LogP contribution is 2.34. The van der Waals surface area contributed by atoms with Crippen molar-refractivity contribution in [2.45, 2.75) is 13.0 Å². The van der Waals surface area contributed by atoms with Gasteiger partial charge in [0, 0.05) is 44.2 Å². The van der Waals surface area contributed by atoms with E-state index in [4.69, 9.17) is 4.74 Å². The first-order valence-electron chi connectivity index (χ1n) is 7.39. The normalized spacial score (nSPS) is 13.5. The smallest absolute Gasteiger partial charge is 0.137 e. The van der Waals surface area contributed by atoms with Crippen molar-refractivity contribution in [2.24, 2.45) is 0 Å². The minimum atomic E-state index is 0.724. The molecule has 0 bridgehead atoms. The first kappa shape index (κ1) is 14.0. The molecule has 1 aromatic heterocycles. The van der Waals surface area contributed by atoms with E-state index in [9.17, 15) is 0 Å². The predicted molar refractivity (Wildman–Crippen MR) is 85.0 cm³/mol. The Morgan fingerprint density at radius 1 is 1.24 bits per heavy atom. The number of nitrogens with zero attached hydrogens (tertiary/aromatic N) is 2. The van der Waals surface area contributed by atoms with Crippen LogP contribution in [0.4, 0.5) is 11.5 Å². The van der Waals surface area contributed by atoms with Gasteiger partial charge < -0.3 is 15.0 Å². The molecule has 21 heavy (non-hydrogen) atoms. The molecule has 0 aliphatic carbocycles. The number of rotatable bonds is 6. The number of hydrogen-bond donors (Lipinski definition) is 1. The summed E-state index contributed by atoms with van der Waals surface area (Å²) >= 11 is 0. The van der Waals surface area contributed by atoms with Gasteiger partial charge in [0.2, 0.25) is 0 Å². The van der Waals surface area contributed by atoms with Crippen LogP contribution in [-0.2, 0) is 17.7 Å². The zero-order valence-corrected chi connectivity index (χ0v) is 12.4. The van der Waals surface area contributed by atoms with E-state index >= 15 is 0 Å². The number of pyridine rings is 1. The molecule has 0 radical (unpaired) electrons. The van der Waals surface area contributed by atoms with Crippen LogP contribution in [0.2, 0.25) is 0 Å². The Hall–Kier alpha value is -1.91. The minimum absolute atomic E-state index is 0.724. The number of benzene rings is 1. The maximum Gasteiger partial charge on any atom is 0.137 e. The van der Waals surface area contributed by atoms with Crippen molar-refractivity contribution in [3.8, 4) is 0 Å². The van der Waals surface area contributed by atoms with Gasteiger partial charge in [0.1, 0.15) is 5.82 Å². The molecule has 0 saturated heterocycles. The van der Waals surface area contributed by atoms with Crippen molar-refractivity contribution in [2.75, 3.05) is 31.7 Å². The Labute approximate surface area is 125 Å².